The quantitative estimate of drug-likeness (QED) is 0.558. The Kier molecular flexibility index (Phi) is 6.64. The second-order valence-electron chi connectivity index (χ2n) is 8.96. The molecule has 4 rings (SSSR count). The molecule has 0 bridgehead atoms. The molecule has 1 N–H and O–H groups in total. The zero-order valence-corrected chi connectivity index (χ0v) is 18.2. The largest absolute Gasteiger partial charge is 0.378 e. The first-order chi connectivity index (χ1) is 14.2. The zero-order valence-electron chi connectivity index (χ0n) is 18.2. The molecule has 2 aliphatic heterocycles. The SMILES string of the molecule is CCN=C(NC1CC(OCC)C12CCC2)N1CCC(C(=O)N2CCOCC2)CC1. The Labute approximate surface area is 175 Å². The molecule has 2 saturated heterocycles. The smallest absolute Gasteiger partial charge is 0.225 e. The minimum atomic E-state index is 0.149. The monoisotopic (exact) mass is 406 g/mol. The van der Waals surface area contributed by atoms with Crippen molar-refractivity contribution in [3.05, 3.63) is 0 Å². The predicted molar refractivity (Wildman–Crippen MR) is 113 cm³/mol. The average Bonchev–Trinajstić information content (AvgIpc) is 2.71. The number of guanidine groups is 1. The fourth-order valence-corrected chi connectivity index (χ4v) is 5.56. The molecule has 1 amide bonds. The molecule has 4 aliphatic rings. The van der Waals surface area contributed by atoms with Gasteiger partial charge in [-0.15, -0.1) is 0 Å². The van der Waals surface area contributed by atoms with E-state index in [0.717, 1.165) is 64.6 Å². The maximum atomic E-state index is 12.8. The Hall–Kier alpha value is -1.34. The van der Waals surface area contributed by atoms with Gasteiger partial charge in [-0.1, -0.05) is 6.42 Å². The molecule has 0 radical (unpaired) electrons. The summed E-state index contributed by atoms with van der Waals surface area (Å²) in [5.74, 6) is 1.51. The van der Waals surface area contributed by atoms with E-state index in [1.165, 1.54) is 19.3 Å². The summed E-state index contributed by atoms with van der Waals surface area (Å²) in [5.41, 5.74) is 0.329. The van der Waals surface area contributed by atoms with Crippen molar-refractivity contribution in [1.29, 1.82) is 0 Å². The molecular weight excluding hydrogens is 368 g/mol. The summed E-state index contributed by atoms with van der Waals surface area (Å²) < 4.78 is 11.4. The highest BCUT2D eigenvalue weighted by atomic mass is 16.5. The summed E-state index contributed by atoms with van der Waals surface area (Å²) in [7, 11) is 0. The van der Waals surface area contributed by atoms with Crippen molar-refractivity contribution in [3.63, 3.8) is 0 Å². The van der Waals surface area contributed by atoms with Crippen molar-refractivity contribution < 1.29 is 14.3 Å². The topological polar surface area (TPSA) is 66.4 Å². The van der Waals surface area contributed by atoms with Crippen LogP contribution in [0.3, 0.4) is 0 Å². The summed E-state index contributed by atoms with van der Waals surface area (Å²) in [6, 6.07) is 0.478. The standard InChI is InChI=1S/C22H38N4O3/c1-3-23-21(24-18-16-19(29-4-2)22(18)8-5-9-22)26-10-6-17(7-11-26)20(27)25-12-14-28-15-13-25/h17-19H,3-16H2,1-2H3,(H,23,24). The number of carbonyl (C=O) groups is 1. The van der Waals surface area contributed by atoms with Crippen molar-refractivity contribution in [1.82, 2.24) is 15.1 Å². The number of amides is 1. The summed E-state index contributed by atoms with van der Waals surface area (Å²) >= 11 is 0. The van der Waals surface area contributed by atoms with E-state index in [1.54, 1.807) is 0 Å². The third kappa shape index (κ3) is 4.13. The molecule has 2 unspecified atom stereocenters. The van der Waals surface area contributed by atoms with Gasteiger partial charge in [0.2, 0.25) is 5.91 Å². The second kappa shape index (κ2) is 9.21. The van der Waals surface area contributed by atoms with Crippen LogP contribution in [0.5, 0.6) is 0 Å². The first-order valence-electron chi connectivity index (χ1n) is 11.7. The highest BCUT2D eigenvalue weighted by molar-refractivity contribution is 5.82. The Morgan fingerprint density at radius 2 is 1.86 bits per heavy atom. The summed E-state index contributed by atoms with van der Waals surface area (Å²) in [6.45, 7) is 10.4. The number of ether oxygens (including phenoxy) is 2. The van der Waals surface area contributed by atoms with Gasteiger partial charge in [-0.2, -0.15) is 0 Å². The van der Waals surface area contributed by atoms with Crippen LogP contribution in [0, 0.1) is 11.3 Å². The van der Waals surface area contributed by atoms with Gasteiger partial charge >= 0.3 is 0 Å². The highest BCUT2D eigenvalue weighted by Gasteiger charge is 2.59. The number of likely N-dealkylation sites (tertiary alicyclic amines) is 1. The van der Waals surface area contributed by atoms with E-state index in [0.29, 0.717) is 36.7 Å². The molecule has 0 aromatic heterocycles. The van der Waals surface area contributed by atoms with Crippen LogP contribution < -0.4 is 5.32 Å². The van der Waals surface area contributed by atoms with E-state index in [-0.39, 0.29) is 5.92 Å². The van der Waals surface area contributed by atoms with E-state index < -0.39 is 0 Å². The molecule has 164 valence electrons. The molecule has 2 heterocycles. The Morgan fingerprint density at radius 1 is 1.14 bits per heavy atom. The van der Waals surface area contributed by atoms with Crippen LogP contribution in [0.1, 0.15) is 52.4 Å². The van der Waals surface area contributed by atoms with Crippen LogP contribution in [0.4, 0.5) is 0 Å². The molecule has 2 atom stereocenters. The van der Waals surface area contributed by atoms with Crippen molar-refractivity contribution in [3.8, 4) is 0 Å². The number of nitrogens with zero attached hydrogens (tertiary/aromatic N) is 3. The maximum Gasteiger partial charge on any atom is 0.225 e. The van der Waals surface area contributed by atoms with E-state index >= 15 is 0 Å². The van der Waals surface area contributed by atoms with Gasteiger partial charge in [-0.05, 0) is 46.0 Å². The van der Waals surface area contributed by atoms with Crippen LogP contribution in [0.2, 0.25) is 0 Å². The molecular formula is C22H38N4O3. The minimum Gasteiger partial charge on any atom is -0.378 e. The number of aliphatic imine (C=N–C) groups is 1. The first kappa shape index (κ1) is 20.9. The van der Waals surface area contributed by atoms with Crippen LogP contribution in [-0.4, -0.2) is 86.4 Å². The fourth-order valence-electron chi connectivity index (χ4n) is 5.56. The van der Waals surface area contributed by atoms with E-state index in [4.69, 9.17) is 14.5 Å². The average molecular weight is 407 g/mol. The zero-order chi connectivity index (χ0) is 20.3. The third-order valence-corrected chi connectivity index (χ3v) is 7.52. The Balaban J connectivity index is 1.31. The van der Waals surface area contributed by atoms with Crippen molar-refractivity contribution >= 4 is 11.9 Å². The Morgan fingerprint density at radius 3 is 2.45 bits per heavy atom. The fraction of sp³-hybridized carbons (Fsp3) is 0.909. The number of rotatable bonds is 5. The van der Waals surface area contributed by atoms with Crippen LogP contribution in [0.15, 0.2) is 4.99 Å². The van der Waals surface area contributed by atoms with Gasteiger partial charge in [0.05, 0.1) is 19.3 Å². The summed E-state index contributed by atoms with van der Waals surface area (Å²) in [6.07, 6.45) is 7.18. The van der Waals surface area contributed by atoms with Crippen LogP contribution in [-0.2, 0) is 14.3 Å². The third-order valence-electron chi connectivity index (χ3n) is 7.52. The van der Waals surface area contributed by atoms with Gasteiger partial charge in [0, 0.05) is 56.7 Å². The van der Waals surface area contributed by atoms with E-state index in [1.807, 2.05) is 4.90 Å². The summed E-state index contributed by atoms with van der Waals surface area (Å²) in [4.78, 5) is 22.0. The maximum absolute atomic E-state index is 12.8. The molecule has 29 heavy (non-hydrogen) atoms. The van der Waals surface area contributed by atoms with E-state index in [9.17, 15) is 4.79 Å². The summed E-state index contributed by atoms with van der Waals surface area (Å²) in [5, 5.41) is 3.80. The number of hydrogen-bond acceptors (Lipinski definition) is 4. The second-order valence-corrected chi connectivity index (χ2v) is 8.96. The van der Waals surface area contributed by atoms with Gasteiger partial charge < -0.3 is 24.6 Å². The molecule has 7 heteroatoms. The molecule has 0 aromatic rings. The predicted octanol–water partition coefficient (Wildman–Crippen LogP) is 1.87. The number of morpholine rings is 1. The molecule has 7 nitrogen and oxygen atoms in total. The first-order valence-corrected chi connectivity index (χ1v) is 11.7. The van der Waals surface area contributed by atoms with Crippen molar-refractivity contribution in [2.24, 2.45) is 16.3 Å². The lowest BCUT2D eigenvalue weighted by atomic mass is 9.51. The number of piperidine rings is 1. The van der Waals surface area contributed by atoms with Gasteiger partial charge in [0.1, 0.15) is 0 Å². The van der Waals surface area contributed by atoms with E-state index in [2.05, 4.69) is 24.1 Å². The molecule has 0 aromatic carbocycles. The number of nitrogens with one attached hydrogen (secondary N) is 1. The lowest BCUT2D eigenvalue weighted by molar-refractivity contribution is -0.169. The molecule has 2 saturated carbocycles. The Bertz CT molecular complexity index is 593. The number of hydrogen-bond donors (Lipinski definition) is 1. The van der Waals surface area contributed by atoms with Crippen LogP contribution in [0.25, 0.3) is 0 Å². The lowest BCUT2D eigenvalue weighted by Gasteiger charge is -2.61. The normalized spacial score (nSPS) is 30.1. The van der Waals surface area contributed by atoms with Crippen molar-refractivity contribution in [2.45, 2.75) is 64.5 Å². The van der Waals surface area contributed by atoms with Gasteiger partial charge in [0.25, 0.3) is 0 Å². The van der Waals surface area contributed by atoms with Gasteiger partial charge in [-0.25, -0.2) is 0 Å². The van der Waals surface area contributed by atoms with Gasteiger partial charge in [-0.3, -0.25) is 9.79 Å². The molecule has 1 spiro atoms. The molecule has 2 aliphatic carbocycles. The molecule has 4 fully saturated rings. The number of carbonyl (C=O) groups excluding carboxylic acids is 1. The lowest BCUT2D eigenvalue weighted by Crippen LogP contribution is -2.69. The van der Waals surface area contributed by atoms with Crippen LogP contribution >= 0.6 is 0 Å². The van der Waals surface area contributed by atoms with Gasteiger partial charge in [0.15, 0.2) is 5.96 Å². The minimum absolute atomic E-state index is 0.149. The van der Waals surface area contributed by atoms with Crippen molar-refractivity contribution in [2.75, 3.05) is 52.5 Å². The highest BCUT2D eigenvalue weighted by Crippen LogP contribution is 2.57.